The molecule has 2 aromatic rings. The van der Waals surface area contributed by atoms with Crippen molar-refractivity contribution in [3.63, 3.8) is 0 Å². The van der Waals surface area contributed by atoms with Crippen LogP contribution in [0.25, 0.3) is 0 Å². The van der Waals surface area contributed by atoms with Gasteiger partial charge in [0.1, 0.15) is 22.8 Å². The number of ether oxygens (including phenoxy) is 1. The van der Waals surface area contributed by atoms with Gasteiger partial charge in [0.15, 0.2) is 6.61 Å². The molecule has 6 heteroatoms. The van der Waals surface area contributed by atoms with E-state index in [1.165, 1.54) is 11.0 Å². The fraction of sp³-hybridized carbons (Fsp3) is 0.250. The maximum atomic E-state index is 12.0. The number of rotatable bonds is 6. The Balaban J connectivity index is 1.91. The summed E-state index contributed by atoms with van der Waals surface area (Å²) in [7, 11) is 1.61. The van der Waals surface area contributed by atoms with E-state index >= 15 is 0 Å². The molecule has 0 atom stereocenters. The Morgan fingerprint density at radius 1 is 1.27 bits per heavy atom. The number of likely N-dealkylation sites (N-methyl/N-ethyl adjacent to an activating group) is 1. The van der Waals surface area contributed by atoms with E-state index in [4.69, 9.17) is 14.3 Å². The van der Waals surface area contributed by atoms with Crippen LogP contribution in [0.3, 0.4) is 0 Å². The number of carboxylic acid groups (broad SMARTS) is 1. The standard InChI is InChI=1S/C16H17NO5/c1-11-14(16(19)20)8-13(22-11)9-17(2)15(18)10-21-12-6-4-3-5-7-12/h3-8H,9-10H2,1-2H3,(H,19,20). The quantitative estimate of drug-likeness (QED) is 0.886. The molecule has 0 fully saturated rings. The smallest absolute Gasteiger partial charge is 0.339 e. The summed E-state index contributed by atoms with van der Waals surface area (Å²) in [6.07, 6.45) is 0. The average molecular weight is 303 g/mol. The van der Waals surface area contributed by atoms with E-state index in [9.17, 15) is 9.59 Å². The van der Waals surface area contributed by atoms with Crippen molar-refractivity contribution in [2.75, 3.05) is 13.7 Å². The molecule has 1 aromatic carbocycles. The summed E-state index contributed by atoms with van der Waals surface area (Å²) in [6.45, 7) is 1.67. The van der Waals surface area contributed by atoms with Crippen LogP contribution in [0.4, 0.5) is 0 Å². The summed E-state index contributed by atoms with van der Waals surface area (Å²) in [5.41, 5.74) is 0.108. The van der Waals surface area contributed by atoms with Gasteiger partial charge in [0.05, 0.1) is 6.54 Å². The minimum absolute atomic E-state index is 0.0913. The molecule has 1 heterocycles. The van der Waals surface area contributed by atoms with Gasteiger partial charge in [-0.1, -0.05) is 18.2 Å². The molecule has 0 aliphatic heterocycles. The van der Waals surface area contributed by atoms with Gasteiger partial charge in [0.25, 0.3) is 5.91 Å². The predicted octanol–water partition coefficient (Wildman–Crippen LogP) is 2.32. The second-order valence-corrected chi connectivity index (χ2v) is 4.84. The van der Waals surface area contributed by atoms with Crippen LogP contribution in [0.5, 0.6) is 5.75 Å². The van der Waals surface area contributed by atoms with E-state index in [0.717, 1.165) is 0 Å². The van der Waals surface area contributed by atoms with Crippen molar-refractivity contribution in [1.82, 2.24) is 4.90 Å². The molecular weight excluding hydrogens is 286 g/mol. The van der Waals surface area contributed by atoms with Crippen LogP contribution in [-0.4, -0.2) is 35.5 Å². The van der Waals surface area contributed by atoms with Crippen molar-refractivity contribution < 1.29 is 23.8 Å². The number of furan rings is 1. The lowest BCUT2D eigenvalue weighted by atomic mass is 10.2. The lowest BCUT2D eigenvalue weighted by Crippen LogP contribution is -2.30. The highest BCUT2D eigenvalue weighted by Gasteiger charge is 2.17. The molecule has 1 aromatic heterocycles. The minimum Gasteiger partial charge on any atom is -0.484 e. The Morgan fingerprint density at radius 2 is 1.95 bits per heavy atom. The number of benzene rings is 1. The Hall–Kier alpha value is -2.76. The number of carbonyl (C=O) groups excluding carboxylic acids is 1. The lowest BCUT2D eigenvalue weighted by Gasteiger charge is -2.16. The molecule has 0 saturated heterocycles. The van der Waals surface area contributed by atoms with Crippen LogP contribution in [-0.2, 0) is 11.3 Å². The lowest BCUT2D eigenvalue weighted by molar-refractivity contribution is -0.132. The molecule has 1 amide bonds. The molecule has 0 aliphatic rings. The van der Waals surface area contributed by atoms with Gasteiger partial charge in [0.2, 0.25) is 0 Å². The van der Waals surface area contributed by atoms with Gasteiger partial charge in [-0.25, -0.2) is 4.79 Å². The molecule has 22 heavy (non-hydrogen) atoms. The van der Waals surface area contributed by atoms with Crippen molar-refractivity contribution in [2.24, 2.45) is 0 Å². The average Bonchev–Trinajstić information content (AvgIpc) is 2.86. The Bertz CT molecular complexity index is 662. The number of carboxylic acids is 1. The Labute approximate surface area is 127 Å². The van der Waals surface area contributed by atoms with Gasteiger partial charge >= 0.3 is 5.97 Å². The Morgan fingerprint density at radius 3 is 2.55 bits per heavy atom. The molecule has 0 radical (unpaired) electrons. The van der Waals surface area contributed by atoms with Gasteiger partial charge in [0, 0.05) is 7.05 Å². The first-order chi connectivity index (χ1) is 10.5. The maximum absolute atomic E-state index is 12.0. The van der Waals surface area contributed by atoms with Gasteiger partial charge < -0.3 is 19.2 Å². The highest BCUT2D eigenvalue weighted by atomic mass is 16.5. The van der Waals surface area contributed by atoms with E-state index in [0.29, 0.717) is 17.3 Å². The highest BCUT2D eigenvalue weighted by molar-refractivity contribution is 5.88. The van der Waals surface area contributed by atoms with Crippen LogP contribution in [0.1, 0.15) is 21.9 Å². The summed E-state index contributed by atoms with van der Waals surface area (Å²) < 4.78 is 10.7. The van der Waals surface area contributed by atoms with E-state index < -0.39 is 5.97 Å². The molecule has 1 N–H and O–H groups in total. The van der Waals surface area contributed by atoms with E-state index in [1.54, 1.807) is 26.1 Å². The van der Waals surface area contributed by atoms with Crippen LogP contribution in [0.15, 0.2) is 40.8 Å². The maximum Gasteiger partial charge on any atom is 0.339 e. The second-order valence-electron chi connectivity index (χ2n) is 4.84. The summed E-state index contributed by atoms with van der Waals surface area (Å²) in [5.74, 6) is 0.0873. The predicted molar refractivity (Wildman–Crippen MR) is 78.8 cm³/mol. The molecule has 0 aliphatic carbocycles. The van der Waals surface area contributed by atoms with Crippen LogP contribution in [0, 0.1) is 6.92 Å². The number of para-hydroxylation sites is 1. The number of nitrogens with zero attached hydrogens (tertiary/aromatic N) is 1. The monoisotopic (exact) mass is 303 g/mol. The molecule has 0 unspecified atom stereocenters. The SMILES string of the molecule is Cc1oc(CN(C)C(=O)COc2ccccc2)cc1C(=O)O. The molecule has 6 nitrogen and oxygen atoms in total. The summed E-state index contributed by atoms with van der Waals surface area (Å²) in [5, 5.41) is 8.97. The zero-order valence-electron chi connectivity index (χ0n) is 12.4. The summed E-state index contributed by atoms with van der Waals surface area (Å²) in [4.78, 5) is 24.4. The number of hydrogen-bond donors (Lipinski definition) is 1. The minimum atomic E-state index is -1.05. The first-order valence-electron chi connectivity index (χ1n) is 6.72. The van der Waals surface area contributed by atoms with Crippen LogP contribution >= 0.6 is 0 Å². The van der Waals surface area contributed by atoms with Crippen LogP contribution < -0.4 is 4.74 Å². The second kappa shape index (κ2) is 6.80. The number of carbonyl (C=O) groups is 2. The summed E-state index contributed by atoms with van der Waals surface area (Å²) >= 11 is 0. The van der Waals surface area contributed by atoms with Gasteiger partial charge in [-0.15, -0.1) is 0 Å². The van der Waals surface area contributed by atoms with E-state index in [-0.39, 0.29) is 24.6 Å². The normalized spacial score (nSPS) is 10.3. The molecule has 0 saturated carbocycles. The van der Waals surface area contributed by atoms with Crippen LogP contribution in [0.2, 0.25) is 0 Å². The third-order valence-corrected chi connectivity index (χ3v) is 3.12. The number of aromatic carboxylic acids is 1. The molecule has 116 valence electrons. The molecule has 0 bridgehead atoms. The van der Waals surface area contributed by atoms with Crippen molar-refractivity contribution >= 4 is 11.9 Å². The van der Waals surface area contributed by atoms with Crippen molar-refractivity contribution in [3.05, 3.63) is 53.5 Å². The third kappa shape index (κ3) is 3.88. The fourth-order valence-corrected chi connectivity index (χ4v) is 1.93. The molecule has 2 rings (SSSR count). The van der Waals surface area contributed by atoms with Gasteiger partial charge in [-0.3, -0.25) is 4.79 Å². The first kappa shape index (κ1) is 15.6. The number of amides is 1. The number of hydrogen-bond acceptors (Lipinski definition) is 4. The topological polar surface area (TPSA) is 80.0 Å². The van der Waals surface area contributed by atoms with E-state index in [2.05, 4.69) is 0 Å². The molecule has 0 spiro atoms. The number of aryl methyl sites for hydroxylation is 1. The summed E-state index contributed by atoms with van der Waals surface area (Å²) in [6, 6.07) is 10.5. The largest absolute Gasteiger partial charge is 0.484 e. The van der Waals surface area contributed by atoms with Gasteiger partial charge in [-0.2, -0.15) is 0 Å². The van der Waals surface area contributed by atoms with Crippen molar-refractivity contribution in [1.29, 1.82) is 0 Å². The van der Waals surface area contributed by atoms with Gasteiger partial charge in [-0.05, 0) is 25.1 Å². The molecular formula is C16H17NO5. The van der Waals surface area contributed by atoms with E-state index in [1.807, 2.05) is 18.2 Å². The Kier molecular flexibility index (Phi) is 4.83. The zero-order valence-corrected chi connectivity index (χ0v) is 12.4. The first-order valence-corrected chi connectivity index (χ1v) is 6.72. The highest BCUT2D eigenvalue weighted by Crippen LogP contribution is 2.16. The zero-order chi connectivity index (χ0) is 16.1. The third-order valence-electron chi connectivity index (χ3n) is 3.12. The van der Waals surface area contributed by atoms with Crippen molar-refractivity contribution in [2.45, 2.75) is 13.5 Å². The fourth-order valence-electron chi connectivity index (χ4n) is 1.93. The van der Waals surface area contributed by atoms with Crippen molar-refractivity contribution in [3.8, 4) is 5.75 Å².